The van der Waals surface area contributed by atoms with E-state index in [2.05, 4.69) is 49.1 Å². The van der Waals surface area contributed by atoms with E-state index in [4.69, 9.17) is 24.9 Å². The molecule has 0 unspecified atom stereocenters. The van der Waals surface area contributed by atoms with Crippen molar-refractivity contribution in [3.8, 4) is 27.7 Å². The van der Waals surface area contributed by atoms with Crippen LogP contribution in [0.1, 0.15) is 80.3 Å². The number of fused-ring (bicyclic) bond motifs is 5. The molecular weight excluding hydrogens is 897 g/mol. The first-order chi connectivity index (χ1) is 33.5. The molecule has 0 bridgehead atoms. The van der Waals surface area contributed by atoms with Gasteiger partial charge in [0, 0.05) is 66.3 Å². The van der Waals surface area contributed by atoms with Gasteiger partial charge in [-0.1, -0.05) is 31.6 Å². The molecule has 3 fully saturated rings. The molecule has 11 rings (SSSR count). The molecule has 1 atom stereocenters. The van der Waals surface area contributed by atoms with Crippen molar-refractivity contribution in [1.29, 1.82) is 0 Å². The Bertz CT molecular complexity index is 2960. The van der Waals surface area contributed by atoms with Gasteiger partial charge in [0.2, 0.25) is 5.95 Å². The van der Waals surface area contributed by atoms with E-state index in [1.807, 2.05) is 42.2 Å². The van der Waals surface area contributed by atoms with E-state index in [-0.39, 0.29) is 24.7 Å². The Morgan fingerprint density at radius 1 is 0.942 bits per heavy atom. The zero-order valence-electron chi connectivity index (χ0n) is 39.3. The van der Waals surface area contributed by atoms with Crippen LogP contribution in [0.25, 0.3) is 32.9 Å². The third-order valence-electron chi connectivity index (χ3n) is 14.2. The number of nitrogens with one attached hydrogen (secondary N) is 1. The smallest absolute Gasteiger partial charge is 0.415 e. The Morgan fingerprint density at radius 3 is 2.42 bits per heavy atom. The molecule has 69 heavy (non-hydrogen) atoms. The predicted molar refractivity (Wildman–Crippen MR) is 265 cm³/mol. The second-order valence-electron chi connectivity index (χ2n) is 18.2. The summed E-state index contributed by atoms with van der Waals surface area (Å²) in [6.07, 6.45) is 8.00. The van der Waals surface area contributed by atoms with Crippen molar-refractivity contribution in [1.82, 2.24) is 34.3 Å². The van der Waals surface area contributed by atoms with Crippen LogP contribution in [0.4, 0.5) is 27.2 Å². The van der Waals surface area contributed by atoms with Gasteiger partial charge in [-0.05, 0) is 119 Å². The van der Waals surface area contributed by atoms with Gasteiger partial charge in [0.1, 0.15) is 12.4 Å². The number of anilines is 4. The lowest BCUT2D eigenvalue weighted by molar-refractivity contribution is -0.172. The largest absolute Gasteiger partial charge is 0.458 e. The van der Waals surface area contributed by atoms with Crippen molar-refractivity contribution < 1.29 is 28.9 Å². The van der Waals surface area contributed by atoms with Crippen molar-refractivity contribution in [2.75, 3.05) is 68.4 Å². The van der Waals surface area contributed by atoms with E-state index in [0.29, 0.717) is 71.4 Å². The molecule has 4 N–H and O–H groups in total. The number of esters is 1. The van der Waals surface area contributed by atoms with Crippen molar-refractivity contribution in [2.24, 2.45) is 0 Å². The highest BCUT2D eigenvalue weighted by Gasteiger charge is 2.45. The number of benzene rings is 2. The minimum absolute atomic E-state index is 0.0951. The van der Waals surface area contributed by atoms with Crippen LogP contribution < -0.4 is 26.2 Å². The molecule has 2 aromatic carbocycles. The van der Waals surface area contributed by atoms with E-state index < -0.39 is 11.6 Å². The second-order valence-corrected chi connectivity index (χ2v) is 19.3. The normalized spacial score (nSPS) is 19.3. The molecule has 0 spiro atoms. The number of amides is 1. The number of morpholine rings is 1. The molecule has 0 aliphatic carbocycles. The summed E-state index contributed by atoms with van der Waals surface area (Å²) in [4.78, 5) is 65.0. The number of carbonyl (C=O) groups excluding carboxylic acids is 2. The van der Waals surface area contributed by atoms with Gasteiger partial charge in [0.15, 0.2) is 10.7 Å². The monoisotopic (exact) mass is 954 g/mol. The molecule has 9 heterocycles. The number of aromatic nitrogens is 5. The summed E-state index contributed by atoms with van der Waals surface area (Å²) in [6.45, 7) is 13.0. The first-order valence-corrected chi connectivity index (χ1v) is 24.9. The van der Waals surface area contributed by atoms with E-state index >= 15 is 0 Å². The number of likely N-dealkylation sites (tertiary alicyclic amines) is 2. The second kappa shape index (κ2) is 19.5. The number of thiazole rings is 1. The summed E-state index contributed by atoms with van der Waals surface area (Å²) in [6, 6.07) is 17.9. The molecule has 3 saturated heterocycles. The number of hydrogen-bond acceptors (Lipinski definition) is 16. The Labute approximate surface area is 404 Å². The van der Waals surface area contributed by atoms with Gasteiger partial charge in [-0.2, -0.15) is 0 Å². The number of ether oxygens (including phenoxy) is 3. The lowest BCUT2D eigenvalue weighted by Gasteiger charge is -2.39. The van der Waals surface area contributed by atoms with Crippen LogP contribution in [0, 0.1) is 6.92 Å². The first-order valence-electron chi connectivity index (χ1n) is 24.1. The summed E-state index contributed by atoms with van der Waals surface area (Å²) >= 11 is 1.43. The summed E-state index contributed by atoms with van der Waals surface area (Å²) in [7, 11) is 0. The van der Waals surface area contributed by atoms with Crippen molar-refractivity contribution >= 4 is 56.8 Å². The molecule has 360 valence electrons. The average molecular weight is 955 g/mol. The van der Waals surface area contributed by atoms with Crippen LogP contribution in [0.3, 0.4) is 0 Å². The Hall–Kier alpha value is -6.47. The van der Waals surface area contributed by atoms with Gasteiger partial charge in [-0.25, -0.2) is 29.5 Å². The highest BCUT2D eigenvalue weighted by molar-refractivity contribution is 7.18. The van der Waals surface area contributed by atoms with Gasteiger partial charge in [0.25, 0.3) is 5.56 Å². The fraction of sp³-hybridized carbons (Fsp3) is 0.431. The summed E-state index contributed by atoms with van der Waals surface area (Å²) < 4.78 is 18.1. The van der Waals surface area contributed by atoms with Crippen LogP contribution in [-0.2, 0) is 39.4 Å². The van der Waals surface area contributed by atoms with E-state index in [1.54, 1.807) is 29.8 Å². The maximum Gasteiger partial charge on any atom is 0.415 e. The molecule has 5 aliphatic rings. The number of nitrogens with zero attached hydrogens (tertiary/aromatic N) is 8. The SMILES string of the molecule is CCc1c2c(nc3ccc(OC(=O)N4CCC(N5CCCCC5)CC4)cc13)-c1cc3c(c(=O)n1C2)COC(=O)[C@]3(O)CC.Cc1nc(N)sc1-c1ccnc(Nc2ccc(N3CCOCC3)cc2)n1. The number of carbonyl (C=O) groups is 2. The number of cyclic esters (lactones) is 1. The summed E-state index contributed by atoms with van der Waals surface area (Å²) in [5.41, 5.74) is 12.0. The topological polar surface area (TPSA) is 203 Å². The molecule has 0 saturated carbocycles. The Morgan fingerprint density at radius 2 is 1.71 bits per heavy atom. The quantitative estimate of drug-likeness (QED) is 0.129. The van der Waals surface area contributed by atoms with Gasteiger partial charge in [-0.15, -0.1) is 0 Å². The van der Waals surface area contributed by atoms with Crippen LogP contribution >= 0.6 is 11.3 Å². The summed E-state index contributed by atoms with van der Waals surface area (Å²) in [5.74, 6) is 0.283. The molecule has 18 heteroatoms. The maximum absolute atomic E-state index is 13.6. The predicted octanol–water partition coefficient (Wildman–Crippen LogP) is 7.16. The minimum Gasteiger partial charge on any atom is -0.458 e. The van der Waals surface area contributed by atoms with Gasteiger partial charge < -0.3 is 49.6 Å². The maximum atomic E-state index is 13.6. The van der Waals surface area contributed by atoms with Gasteiger partial charge in [0.05, 0.1) is 58.5 Å². The fourth-order valence-electron chi connectivity index (χ4n) is 10.4. The average Bonchev–Trinajstić information content (AvgIpc) is 3.93. The standard InChI is InChI=1S/C33H38N4O6.C18H20N6OS/c1-3-22-23-16-21(43-32(40)36-14-10-20(11-15-36)35-12-6-5-7-13-35)8-9-27(23)34-29-24(22)18-37-28(29)17-26-25(30(37)38)19-42-31(39)33(26,41)4-2;1-12-16(26-17(19)21-12)15-6-7-20-18(23-15)22-13-2-4-14(5-3-13)24-8-10-25-11-9-24/h8-9,16-17,20,41H,3-7,10-15,18-19H2,1-2H3;2-7H,8-11H2,1H3,(H2,19,21)(H,20,22,23)/t33-;/m0./s1. The van der Waals surface area contributed by atoms with E-state index in [1.165, 1.54) is 49.4 Å². The third-order valence-corrected chi connectivity index (χ3v) is 15.2. The van der Waals surface area contributed by atoms with Gasteiger partial charge >= 0.3 is 12.1 Å². The highest BCUT2D eigenvalue weighted by Crippen LogP contribution is 2.41. The number of pyridine rings is 2. The summed E-state index contributed by atoms with van der Waals surface area (Å²) in [5, 5.41) is 15.8. The van der Waals surface area contributed by atoms with Crippen molar-refractivity contribution in [3.63, 3.8) is 0 Å². The lowest BCUT2D eigenvalue weighted by Crippen LogP contribution is -2.48. The molecule has 6 aromatic rings. The third kappa shape index (κ3) is 9.13. The first kappa shape index (κ1) is 46.3. The van der Waals surface area contributed by atoms with Crippen LogP contribution in [0.5, 0.6) is 5.75 Å². The molecule has 4 aromatic heterocycles. The number of nitrogen functional groups attached to an aromatic ring is 1. The molecule has 0 radical (unpaired) electrons. The lowest BCUT2D eigenvalue weighted by atomic mass is 9.86. The zero-order valence-corrected chi connectivity index (χ0v) is 40.1. The minimum atomic E-state index is -1.86. The Balaban J connectivity index is 0.000000181. The van der Waals surface area contributed by atoms with E-state index in [0.717, 1.165) is 83.1 Å². The molecule has 17 nitrogen and oxygen atoms in total. The number of piperidine rings is 2. The molecule has 1 amide bonds. The number of rotatable bonds is 8. The van der Waals surface area contributed by atoms with Crippen LogP contribution in [0.2, 0.25) is 0 Å². The van der Waals surface area contributed by atoms with Crippen molar-refractivity contribution in [2.45, 2.75) is 90.5 Å². The van der Waals surface area contributed by atoms with Gasteiger partial charge in [-0.3, -0.25) is 4.79 Å². The fourth-order valence-corrected chi connectivity index (χ4v) is 11.2. The number of aliphatic hydroxyl groups is 1. The van der Waals surface area contributed by atoms with Crippen LogP contribution in [-0.4, -0.2) is 110 Å². The Kier molecular flexibility index (Phi) is 13.1. The molecular formula is C51H58N10O7S. The number of hydrogen-bond donors (Lipinski definition) is 3. The van der Waals surface area contributed by atoms with Crippen LogP contribution in [0.15, 0.2) is 65.6 Å². The highest BCUT2D eigenvalue weighted by atomic mass is 32.1. The van der Waals surface area contributed by atoms with Crippen molar-refractivity contribution in [3.05, 3.63) is 99.1 Å². The molecule has 5 aliphatic heterocycles. The number of nitrogens with two attached hydrogens (primary N) is 1. The van der Waals surface area contributed by atoms with E-state index in [9.17, 15) is 19.5 Å². The zero-order chi connectivity index (χ0) is 47.8. The number of aryl methyl sites for hydroxylation is 2.